The Morgan fingerprint density at radius 3 is 2.50 bits per heavy atom. The van der Waals surface area contributed by atoms with Crippen LogP contribution in [0.4, 0.5) is 0 Å². The Bertz CT molecular complexity index is 360. The Hall–Kier alpha value is -1.35. The van der Waals surface area contributed by atoms with Gasteiger partial charge in [0.25, 0.3) is 0 Å². The highest BCUT2D eigenvalue weighted by atomic mass is 16.2. The van der Waals surface area contributed by atoms with Crippen LogP contribution in [0.15, 0.2) is 24.3 Å². The molecule has 14 heavy (non-hydrogen) atoms. The van der Waals surface area contributed by atoms with Crippen LogP contribution in [-0.4, -0.2) is 30.0 Å². The Morgan fingerprint density at radius 2 is 1.86 bits per heavy atom. The van der Waals surface area contributed by atoms with Gasteiger partial charge in [-0.05, 0) is 11.1 Å². The highest BCUT2D eigenvalue weighted by molar-refractivity contribution is 5.80. The van der Waals surface area contributed by atoms with Crippen LogP contribution in [-0.2, 0) is 17.8 Å². The molecule has 0 bridgehead atoms. The minimum Gasteiger partial charge on any atom is -0.273 e. The molecule has 1 heterocycles. The Labute approximate surface area is 83.9 Å². The molecule has 0 fully saturated rings. The summed E-state index contributed by atoms with van der Waals surface area (Å²) in [7, 11) is 3.79. The van der Waals surface area contributed by atoms with E-state index in [0.717, 1.165) is 5.56 Å². The molecule has 3 nitrogen and oxygen atoms in total. The Kier molecular flexibility index (Phi) is 2.25. The van der Waals surface area contributed by atoms with Crippen LogP contribution in [0.1, 0.15) is 11.1 Å². The maximum Gasteiger partial charge on any atom is 0.241 e. The molecule has 0 N–H and O–H groups in total. The molecule has 0 unspecified atom stereocenters. The summed E-state index contributed by atoms with van der Waals surface area (Å²) in [5.41, 5.74) is 2.41. The molecule has 1 aromatic carbocycles. The first kappa shape index (κ1) is 9.21. The number of carbonyl (C=O) groups is 1. The third-order valence-corrected chi connectivity index (χ3v) is 2.55. The van der Waals surface area contributed by atoms with Crippen molar-refractivity contribution in [3.8, 4) is 0 Å². The van der Waals surface area contributed by atoms with E-state index in [9.17, 15) is 4.79 Å². The van der Waals surface area contributed by atoms with Gasteiger partial charge in [0.2, 0.25) is 5.91 Å². The molecule has 0 saturated carbocycles. The topological polar surface area (TPSA) is 23.6 Å². The van der Waals surface area contributed by atoms with Gasteiger partial charge in [-0.2, -0.15) is 0 Å². The van der Waals surface area contributed by atoms with Gasteiger partial charge in [0.1, 0.15) is 0 Å². The fraction of sp³-hybridized carbons (Fsp3) is 0.364. The minimum atomic E-state index is 0.175. The maximum absolute atomic E-state index is 11.7. The smallest absolute Gasteiger partial charge is 0.241 e. The highest BCUT2D eigenvalue weighted by Crippen LogP contribution is 2.19. The number of fused-ring (bicyclic) bond motifs is 1. The third kappa shape index (κ3) is 1.51. The summed E-state index contributed by atoms with van der Waals surface area (Å²) in [5, 5.41) is 3.61. The average molecular weight is 190 g/mol. The maximum atomic E-state index is 11.7. The van der Waals surface area contributed by atoms with Gasteiger partial charge in [-0.25, -0.2) is 5.01 Å². The lowest BCUT2D eigenvalue weighted by Gasteiger charge is -2.33. The molecule has 1 aromatic rings. The standard InChI is InChI=1S/C11H14N2O/c1-12(2)13-8-10-6-4-3-5-9(10)7-11(13)14/h3-6H,7-8H2,1-2H3. The molecule has 1 amide bonds. The lowest BCUT2D eigenvalue weighted by molar-refractivity contribution is -0.146. The molecule has 0 atom stereocenters. The monoisotopic (exact) mass is 190 g/mol. The van der Waals surface area contributed by atoms with E-state index in [2.05, 4.69) is 6.07 Å². The predicted octanol–water partition coefficient (Wildman–Crippen LogP) is 1.05. The zero-order valence-electron chi connectivity index (χ0n) is 8.53. The van der Waals surface area contributed by atoms with Gasteiger partial charge < -0.3 is 0 Å². The van der Waals surface area contributed by atoms with Gasteiger partial charge in [0, 0.05) is 14.1 Å². The van der Waals surface area contributed by atoms with Crippen molar-refractivity contribution in [2.75, 3.05) is 14.1 Å². The van der Waals surface area contributed by atoms with E-state index < -0.39 is 0 Å². The zero-order chi connectivity index (χ0) is 10.1. The van der Waals surface area contributed by atoms with Crippen LogP contribution in [0.2, 0.25) is 0 Å². The second kappa shape index (κ2) is 3.42. The Balaban J connectivity index is 2.31. The van der Waals surface area contributed by atoms with E-state index >= 15 is 0 Å². The normalized spacial score (nSPS) is 15.9. The van der Waals surface area contributed by atoms with Gasteiger partial charge in [-0.15, -0.1) is 0 Å². The second-order valence-electron chi connectivity index (χ2n) is 3.74. The van der Waals surface area contributed by atoms with Crippen LogP contribution in [0.3, 0.4) is 0 Å². The van der Waals surface area contributed by atoms with Crippen LogP contribution >= 0.6 is 0 Å². The number of nitrogens with zero attached hydrogens (tertiary/aromatic N) is 2. The second-order valence-corrected chi connectivity index (χ2v) is 3.74. The molecular weight excluding hydrogens is 176 g/mol. The zero-order valence-corrected chi connectivity index (χ0v) is 8.53. The first-order valence-electron chi connectivity index (χ1n) is 4.73. The minimum absolute atomic E-state index is 0.175. The van der Waals surface area contributed by atoms with E-state index in [4.69, 9.17) is 0 Å². The first-order valence-corrected chi connectivity index (χ1v) is 4.73. The molecule has 3 heteroatoms. The molecule has 1 aliphatic heterocycles. The predicted molar refractivity (Wildman–Crippen MR) is 54.4 cm³/mol. The Morgan fingerprint density at radius 1 is 1.21 bits per heavy atom. The molecule has 2 rings (SSSR count). The van der Waals surface area contributed by atoms with Gasteiger partial charge in [0.15, 0.2) is 0 Å². The van der Waals surface area contributed by atoms with E-state index in [1.54, 1.807) is 5.01 Å². The van der Waals surface area contributed by atoms with Crippen LogP contribution in [0.5, 0.6) is 0 Å². The van der Waals surface area contributed by atoms with Gasteiger partial charge in [-0.1, -0.05) is 24.3 Å². The molecule has 0 aromatic heterocycles. The van der Waals surface area contributed by atoms with Crippen LogP contribution < -0.4 is 0 Å². The van der Waals surface area contributed by atoms with E-state index in [-0.39, 0.29) is 5.91 Å². The van der Waals surface area contributed by atoms with Crippen molar-refractivity contribution in [3.05, 3.63) is 35.4 Å². The fourth-order valence-electron chi connectivity index (χ4n) is 1.75. The number of rotatable bonds is 1. The van der Waals surface area contributed by atoms with Crippen molar-refractivity contribution in [1.29, 1.82) is 0 Å². The summed E-state index contributed by atoms with van der Waals surface area (Å²) in [6.07, 6.45) is 0.522. The van der Waals surface area contributed by atoms with Crippen molar-refractivity contribution in [2.24, 2.45) is 0 Å². The summed E-state index contributed by atoms with van der Waals surface area (Å²) in [6.45, 7) is 0.696. The SMILES string of the molecule is CN(C)N1Cc2ccccc2CC1=O. The fourth-order valence-corrected chi connectivity index (χ4v) is 1.75. The lowest BCUT2D eigenvalue weighted by atomic mass is 10.0. The number of amides is 1. The number of benzene rings is 1. The average Bonchev–Trinajstić information content (AvgIpc) is 2.16. The van der Waals surface area contributed by atoms with Crippen LogP contribution in [0, 0.1) is 0 Å². The molecule has 0 spiro atoms. The first-order chi connectivity index (χ1) is 6.68. The van der Waals surface area contributed by atoms with E-state index in [1.165, 1.54) is 5.56 Å². The number of hydrogen-bond acceptors (Lipinski definition) is 2. The molecular formula is C11H14N2O. The highest BCUT2D eigenvalue weighted by Gasteiger charge is 2.23. The summed E-state index contributed by atoms with van der Waals surface area (Å²) in [6, 6.07) is 8.11. The van der Waals surface area contributed by atoms with Gasteiger partial charge >= 0.3 is 0 Å². The van der Waals surface area contributed by atoms with E-state index in [0.29, 0.717) is 13.0 Å². The van der Waals surface area contributed by atoms with Gasteiger partial charge in [-0.3, -0.25) is 9.80 Å². The molecule has 74 valence electrons. The molecule has 0 radical (unpaired) electrons. The molecule has 0 aliphatic carbocycles. The van der Waals surface area contributed by atoms with Crippen molar-refractivity contribution in [3.63, 3.8) is 0 Å². The molecule has 0 saturated heterocycles. The number of carbonyl (C=O) groups excluding carboxylic acids is 1. The summed E-state index contributed by atoms with van der Waals surface area (Å²) in [4.78, 5) is 11.7. The third-order valence-electron chi connectivity index (χ3n) is 2.55. The summed E-state index contributed by atoms with van der Waals surface area (Å²) in [5.74, 6) is 0.175. The van der Waals surface area contributed by atoms with Gasteiger partial charge in [0.05, 0.1) is 13.0 Å². The van der Waals surface area contributed by atoms with Crippen molar-refractivity contribution >= 4 is 5.91 Å². The lowest BCUT2D eigenvalue weighted by Crippen LogP contribution is -2.44. The summed E-state index contributed by atoms with van der Waals surface area (Å²) < 4.78 is 0. The molecule has 1 aliphatic rings. The summed E-state index contributed by atoms with van der Waals surface area (Å²) >= 11 is 0. The van der Waals surface area contributed by atoms with Crippen LogP contribution in [0.25, 0.3) is 0 Å². The van der Waals surface area contributed by atoms with Crippen molar-refractivity contribution in [2.45, 2.75) is 13.0 Å². The number of hydrazine groups is 1. The quantitative estimate of drug-likeness (QED) is 0.660. The largest absolute Gasteiger partial charge is 0.273 e. The van der Waals surface area contributed by atoms with Crippen molar-refractivity contribution in [1.82, 2.24) is 10.0 Å². The number of hydrogen-bond donors (Lipinski definition) is 0. The van der Waals surface area contributed by atoms with E-state index in [1.807, 2.05) is 37.3 Å². The van der Waals surface area contributed by atoms with Crippen molar-refractivity contribution < 1.29 is 4.79 Å².